The Bertz CT molecular complexity index is 843. The fourth-order valence-corrected chi connectivity index (χ4v) is 5.75. The van der Waals surface area contributed by atoms with E-state index in [0.717, 1.165) is 16.8 Å². The second kappa shape index (κ2) is 7.54. The van der Waals surface area contributed by atoms with Crippen LogP contribution in [0.2, 0.25) is 13.1 Å². The van der Waals surface area contributed by atoms with E-state index < -0.39 is 26.4 Å². The van der Waals surface area contributed by atoms with Gasteiger partial charge in [-0.2, -0.15) is 0 Å². The first-order valence-corrected chi connectivity index (χ1v) is 12.9. The van der Waals surface area contributed by atoms with Gasteiger partial charge in [-0.25, -0.2) is 0 Å². The average molecular weight is 394 g/mol. The summed E-state index contributed by atoms with van der Waals surface area (Å²) in [5.41, 5.74) is 3.69. The van der Waals surface area contributed by atoms with Crippen molar-refractivity contribution in [1.82, 2.24) is 0 Å². The number of hydrogen-bond acceptors (Lipinski definition) is 3. The van der Waals surface area contributed by atoms with Crippen LogP contribution in [-0.2, 0) is 9.31 Å². The zero-order chi connectivity index (χ0) is 20.6. The van der Waals surface area contributed by atoms with Gasteiger partial charge in [-0.15, -0.1) is 0 Å². The van der Waals surface area contributed by atoms with E-state index in [1.165, 1.54) is 5.19 Å². The average Bonchev–Trinajstić information content (AvgIpc) is 2.88. The summed E-state index contributed by atoms with van der Waals surface area (Å²) >= 11 is 0. The molecule has 0 aromatic heterocycles. The Kier molecular flexibility index (Phi) is 5.63. The van der Waals surface area contributed by atoms with Crippen LogP contribution < -0.4 is 9.92 Å². The molecule has 5 heteroatoms. The predicted octanol–water partition coefficient (Wildman–Crippen LogP) is 4.86. The van der Waals surface area contributed by atoms with Crippen LogP contribution in [0.25, 0.3) is 5.47 Å². The van der Waals surface area contributed by atoms with Crippen LogP contribution in [0.5, 0.6) is 5.75 Å². The highest BCUT2D eigenvalue weighted by Crippen LogP contribution is 2.42. The topological polar surface area (TPSA) is 27.7 Å². The summed E-state index contributed by atoms with van der Waals surface area (Å²) in [6.45, 7) is 13.1. The second-order valence-electron chi connectivity index (χ2n) is 8.98. The van der Waals surface area contributed by atoms with Crippen molar-refractivity contribution in [2.24, 2.45) is 0 Å². The molecule has 0 atom stereocenters. The van der Waals surface area contributed by atoms with Gasteiger partial charge in [-0.05, 0) is 39.2 Å². The first kappa shape index (κ1) is 20.9. The van der Waals surface area contributed by atoms with E-state index in [-0.39, 0.29) is 0 Å². The van der Waals surface area contributed by atoms with Crippen LogP contribution in [0.4, 0.5) is 0 Å². The highest BCUT2D eigenvalue weighted by Gasteiger charge is 2.53. The zero-order valence-corrected chi connectivity index (χ0v) is 19.1. The molecule has 3 rings (SSSR count). The van der Waals surface area contributed by atoms with Gasteiger partial charge in [-0.1, -0.05) is 72.5 Å². The van der Waals surface area contributed by atoms with Gasteiger partial charge < -0.3 is 14.0 Å². The minimum atomic E-state index is -1.90. The number of benzene rings is 2. The van der Waals surface area contributed by atoms with Crippen LogP contribution in [0.1, 0.15) is 33.3 Å². The minimum Gasteiger partial charge on any atom is -0.496 e. The number of rotatable bonds is 5. The van der Waals surface area contributed by atoms with E-state index in [1.807, 2.05) is 18.2 Å². The number of para-hydroxylation sites is 1. The molecule has 1 aliphatic rings. The van der Waals surface area contributed by atoms with Crippen molar-refractivity contribution in [2.45, 2.75) is 52.0 Å². The van der Waals surface area contributed by atoms with Crippen LogP contribution in [0, 0.1) is 0 Å². The van der Waals surface area contributed by atoms with E-state index in [1.54, 1.807) is 7.11 Å². The van der Waals surface area contributed by atoms with Gasteiger partial charge in [0.2, 0.25) is 0 Å². The summed E-state index contributed by atoms with van der Waals surface area (Å²) in [5, 5.41) is 1.37. The minimum absolute atomic E-state index is 0.392. The Morgan fingerprint density at radius 1 is 0.893 bits per heavy atom. The van der Waals surface area contributed by atoms with E-state index in [4.69, 9.17) is 14.0 Å². The third-order valence-corrected chi connectivity index (χ3v) is 8.81. The Balaban J connectivity index is 2.13. The van der Waals surface area contributed by atoms with Crippen molar-refractivity contribution in [3.8, 4) is 5.75 Å². The van der Waals surface area contributed by atoms with Crippen molar-refractivity contribution < 1.29 is 14.0 Å². The lowest BCUT2D eigenvalue weighted by atomic mass is 9.75. The maximum atomic E-state index is 6.44. The fraction of sp³-hybridized carbons (Fsp3) is 0.391. The quantitative estimate of drug-likeness (QED) is 0.678. The van der Waals surface area contributed by atoms with Crippen molar-refractivity contribution in [3.05, 3.63) is 65.9 Å². The standard InChI is InChI=1S/C23H31BO3Si/c1-22(2)23(3,4)27-24(26-22)20(19-15-11-12-16-21(19)25-5)17-28(6,7)18-13-9-8-10-14-18/h8-17H,1-7H3/b20-17-. The van der Waals surface area contributed by atoms with E-state index in [9.17, 15) is 0 Å². The van der Waals surface area contributed by atoms with Gasteiger partial charge in [0.05, 0.1) is 18.3 Å². The second-order valence-corrected chi connectivity index (χ2v) is 13.3. The fourth-order valence-electron chi connectivity index (χ4n) is 3.47. The smallest absolute Gasteiger partial charge is 0.494 e. The summed E-state index contributed by atoms with van der Waals surface area (Å²) < 4.78 is 18.5. The normalized spacial score (nSPS) is 19.0. The Morgan fingerprint density at radius 3 is 2.00 bits per heavy atom. The van der Waals surface area contributed by atoms with Gasteiger partial charge in [-0.3, -0.25) is 0 Å². The van der Waals surface area contributed by atoms with E-state index >= 15 is 0 Å². The van der Waals surface area contributed by atoms with Gasteiger partial charge in [0.1, 0.15) is 13.8 Å². The summed E-state index contributed by atoms with van der Waals surface area (Å²) in [6.07, 6.45) is 0. The highest BCUT2D eigenvalue weighted by molar-refractivity contribution is 6.96. The molecule has 0 saturated carbocycles. The van der Waals surface area contributed by atoms with Crippen molar-refractivity contribution in [3.63, 3.8) is 0 Å². The molecule has 0 unspecified atom stereocenters. The zero-order valence-electron chi connectivity index (χ0n) is 18.1. The molecule has 148 valence electrons. The molecule has 0 amide bonds. The van der Waals surface area contributed by atoms with E-state index in [0.29, 0.717) is 0 Å². The summed E-state index contributed by atoms with van der Waals surface area (Å²) in [6, 6.07) is 18.8. The summed E-state index contributed by atoms with van der Waals surface area (Å²) in [5.74, 6) is 0.835. The molecule has 28 heavy (non-hydrogen) atoms. The van der Waals surface area contributed by atoms with Crippen LogP contribution in [0.15, 0.2) is 60.3 Å². The Morgan fingerprint density at radius 2 is 1.43 bits per heavy atom. The van der Waals surface area contributed by atoms with E-state index in [2.05, 4.69) is 82.9 Å². The molecule has 0 bridgehead atoms. The molecule has 1 saturated heterocycles. The maximum absolute atomic E-state index is 6.44. The lowest BCUT2D eigenvalue weighted by molar-refractivity contribution is 0.00578. The monoisotopic (exact) mass is 394 g/mol. The maximum Gasteiger partial charge on any atom is 0.494 e. The first-order valence-electron chi connectivity index (χ1n) is 9.85. The predicted molar refractivity (Wildman–Crippen MR) is 121 cm³/mol. The summed E-state index contributed by atoms with van der Waals surface area (Å²) in [7, 11) is -0.624. The lowest BCUT2D eigenvalue weighted by Crippen LogP contribution is -2.41. The number of ether oxygens (including phenoxy) is 1. The van der Waals surface area contributed by atoms with Crippen LogP contribution in [-0.4, -0.2) is 33.5 Å². The summed E-state index contributed by atoms with van der Waals surface area (Å²) in [4.78, 5) is 0. The molecule has 0 spiro atoms. The highest BCUT2D eigenvalue weighted by atomic mass is 28.3. The first-order chi connectivity index (χ1) is 13.1. The SMILES string of the molecule is COc1ccccc1/C(=C/[Si](C)(C)c1ccccc1)B1OC(C)(C)C(C)(C)O1. The molecule has 2 aromatic carbocycles. The van der Waals surface area contributed by atoms with Crippen LogP contribution in [0.3, 0.4) is 0 Å². The molecule has 1 heterocycles. The third-order valence-electron chi connectivity index (χ3n) is 5.96. The van der Waals surface area contributed by atoms with Gasteiger partial charge >= 0.3 is 7.12 Å². The van der Waals surface area contributed by atoms with Gasteiger partial charge in [0, 0.05) is 5.56 Å². The molecule has 1 fully saturated rings. The molecule has 0 radical (unpaired) electrons. The molecule has 0 aliphatic carbocycles. The Labute approximate surface area is 170 Å². The molecular weight excluding hydrogens is 363 g/mol. The Hall–Kier alpha value is -1.82. The van der Waals surface area contributed by atoms with Crippen LogP contribution >= 0.6 is 0 Å². The third kappa shape index (κ3) is 3.97. The van der Waals surface area contributed by atoms with Crippen molar-refractivity contribution in [2.75, 3.05) is 7.11 Å². The molecule has 2 aromatic rings. The largest absolute Gasteiger partial charge is 0.496 e. The van der Waals surface area contributed by atoms with Gasteiger partial charge in [0.25, 0.3) is 0 Å². The number of hydrogen-bond donors (Lipinski definition) is 0. The lowest BCUT2D eigenvalue weighted by Gasteiger charge is -2.32. The molecule has 1 aliphatic heterocycles. The molecule has 0 N–H and O–H groups in total. The molecule has 3 nitrogen and oxygen atoms in total. The van der Waals surface area contributed by atoms with Gasteiger partial charge in [0.15, 0.2) is 0 Å². The van der Waals surface area contributed by atoms with Crippen molar-refractivity contribution in [1.29, 1.82) is 0 Å². The molecular formula is C23H31BO3Si. The van der Waals surface area contributed by atoms with Crippen molar-refractivity contribution >= 4 is 25.9 Å². The number of methoxy groups -OCH3 is 1.